The van der Waals surface area contributed by atoms with E-state index in [-0.39, 0.29) is 17.7 Å². The van der Waals surface area contributed by atoms with Crippen LogP contribution in [0.25, 0.3) is 0 Å². The minimum absolute atomic E-state index is 0.131. The summed E-state index contributed by atoms with van der Waals surface area (Å²) in [6.07, 6.45) is 0.985. The van der Waals surface area contributed by atoms with Crippen molar-refractivity contribution in [1.29, 1.82) is 0 Å². The summed E-state index contributed by atoms with van der Waals surface area (Å²) >= 11 is 3.25. The van der Waals surface area contributed by atoms with Gasteiger partial charge >= 0.3 is 5.97 Å². The predicted octanol–water partition coefficient (Wildman–Crippen LogP) is 1.64. The van der Waals surface area contributed by atoms with Gasteiger partial charge in [0.25, 0.3) is 0 Å². The van der Waals surface area contributed by atoms with Crippen molar-refractivity contribution in [1.82, 2.24) is 4.90 Å². The number of thiophene rings is 1. The van der Waals surface area contributed by atoms with Gasteiger partial charge in [-0.15, -0.1) is 23.1 Å². The van der Waals surface area contributed by atoms with Gasteiger partial charge in [-0.2, -0.15) is 0 Å². The van der Waals surface area contributed by atoms with E-state index >= 15 is 0 Å². The van der Waals surface area contributed by atoms with Gasteiger partial charge in [-0.1, -0.05) is 0 Å². The first-order valence-corrected chi connectivity index (χ1v) is 8.23. The number of hydrogen-bond acceptors (Lipinski definition) is 5. The summed E-state index contributed by atoms with van der Waals surface area (Å²) in [5.74, 6) is -0.232. The molecule has 7 heteroatoms. The molecule has 0 saturated heterocycles. The van der Waals surface area contributed by atoms with Gasteiger partial charge in [0.05, 0.1) is 6.61 Å². The summed E-state index contributed by atoms with van der Waals surface area (Å²) in [5.41, 5.74) is 1.05. The van der Waals surface area contributed by atoms with Gasteiger partial charge < -0.3 is 14.7 Å². The zero-order valence-corrected chi connectivity index (χ0v) is 12.8. The molecule has 1 atom stereocenters. The van der Waals surface area contributed by atoms with Crippen molar-refractivity contribution in [2.45, 2.75) is 11.7 Å². The fourth-order valence-corrected chi connectivity index (χ4v) is 4.52. The zero-order valence-electron chi connectivity index (χ0n) is 11.2. The highest BCUT2D eigenvalue weighted by Gasteiger charge is 2.32. The van der Waals surface area contributed by atoms with Gasteiger partial charge in [0, 0.05) is 18.5 Å². The Bertz CT molecular complexity index is 488. The molecule has 0 spiro atoms. The first-order chi connectivity index (χ1) is 9.63. The van der Waals surface area contributed by atoms with Crippen LogP contribution in [0.5, 0.6) is 0 Å². The highest BCUT2D eigenvalue weighted by Crippen LogP contribution is 2.40. The molecule has 0 saturated carbocycles. The van der Waals surface area contributed by atoms with Crippen molar-refractivity contribution >= 4 is 35.0 Å². The monoisotopic (exact) mass is 315 g/mol. The van der Waals surface area contributed by atoms with Gasteiger partial charge in [0.2, 0.25) is 5.91 Å². The fraction of sp³-hybridized carbons (Fsp3) is 0.538. The Kier molecular flexibility index (Phi) is 5.45. The summed E-state index contributed by atoms with van der Waals surface area (Å²) in [5, 5.41) is 10.7. The van der Waals surface area contributed by atoms with Gasteiger partial charge in [-0.3, -0.25) is 9.59 Å². The van der Waals surface area contributed by atoms with Crippen LogP contribution in [-0.4, -0.2) is 54.4 Å². The number of thioether (sulfide) groups is 1. The lowest BCUT2D eigenvalue weighted by molar-refractivity contribution is -0.144. The number of carbonyl (C=O) groups is 2. The van der Waals surface area contributed by atoms with E-state index in [2.05, 4.69) is 0 Å². The lowest BCUT2D eigenvalue weighted by Crippen LogP contribution is -2.40. The number of amides is 1. The maximum Gasteiger partial charge on any atom is 0.323 e. The second-order valence-corrected chi connectivity index (χ2v) is 6.66. The Morgan fingerprint density at radius 3 is 3.05 bits per heavy atom. The quantitative estimate of drug-likeness (QED) is 0.864. The molecular weight excluding hydrogens is 298 g/mol. The molecule has 0 aromatic carbocycles. The number of carboxylic acids is 1. The third kappa shape index (κ3) is 3.53. The second kappa shape index (κ2) is 7.10. The summed E-state index contributed by atoms with van der Waals surface area (Å²) in [6.45, 7) is 0.365. The minimum Gasteiger partial charge on any atom is -0.480 e. The van der Waals surface area contributed by atoms with E-state index in [1.54, 1.807) is 23.1 Å². The van der Waals surface area contributed by atoms with Crippen molar-refractivity contribution in [3.8, 4) is 0 Å². The molecule has 1 amide bonds. The maximum absolute atomic E-state index is 12.6. The number of carboxylic acid groups (broad SMARTS) is 1. The highest BCUT2D eigenvalue weighted by molar-refractivity contribution is 8.00. The third-order valence-corrected chi connectivity index (χ3v) is 5.33. The number of hydrogen-bond donors (Lipinski definition) is 1. The molecule has 110 valence electrons. The maximum atomic E-state index is 12.6. The van der Waals surface area contributed by atoms with Crippen LogP contribution in [0.4, 0.5) is 0 Å². The largest absolute Gasteiger partial charge is 0.480 e. The molecule has 0 unspecified atom stereocenters. The van der Waals surface area contributed by atoms with Crippen molar-refractivity contribution < 1.29 is 19.4 Å². The smallest absolute Gasteiger partial charge is 0.323 e. The molecule has 0 radical (unpaired) electrons. The molecule has 5 nitrogen and oxygen atoms in total. The normalized spacial score (nSPS) is 17.6. The Balaban J connectivity index is 2.13. The third-order valence-electron chi connectivity index (χ3n) is 3.10. The molecule has 20 heavy (non-hydrogen) atoms. The number of aliphatic carboxylic acids is 1. The van der Waals surface area contributed by atoms with Crippen molar-refractivity contribution in [3.05, 3.63) is 21.9 Å². The Hall–Kier alpha value is -1.05. The van der Waals surface area contributed by atoms with Crippen LogP contribution in [0.3, 0.4) is 0 Å². The lowest BCUT2D eigenvalue weighted by atomic mass is 10.1. The molecule has 0 aliphatic carbocycles. The van der Waals surface area contributed by atoms with E-state index in [0.29, 0.717) is 13.2 Å². The second-order valence-electron chi connectivity index (χ2n) is 4.45. The van der Waals surface area contributed by atoms with Gasteiger partial charge in [-0.05, 0) is 29.2 Å². The molecule has 1 aromatic heterocycles. The van der Waals surface area contributed by atoms with E-state index in [0.717, 1.165) is 17.7 Å². The first kappa shape index (κ1) is 15.3. The number of rotatable bonds is 6. The number of nitrogens with zero attached hydrogens (tertiary/aromatic N) is 1. The number of carbonyl (C=O) groups excluding carboxylic acids is 1. The van der Waals surface area contributed by atoms with E-state index < -0.39 is 5.97 Å². The van der Waals surface area contributed by atoms with Gasteiger partial charge in [0.15, 0.2) is 0 Å². The standard InChI is InChI=1S/C13H17NO4S2/c1-18-5-4-14(8-11(15)16)13(17)12-9-2-6-19-10(9)3-7-20-12/h2,6,12H,3-5,7-8H2,1H3,(H,15,16)/t12-/m0/s1. The summed E-state index contributed by atoms with van der Waals surface area (Å²) in [6, 6.07) is 1.98. The number of aryl methyl sites for hydroxylation is 1. The Labute approximate surface area is 125 Å². The van der Waals surface area contributed by atoms with Crippen LogP contribution in [0.15, 0.2) is 11.4 Å². The molecule has 2 rings (SSSR count). The molecule has 2 heterocycles. The zero-order chi connectivity index (χ0) is 14.5. The molecule has 1 N–H and O–H groups in total. The molecule has 1 aromatic rings. The van der Waals surface area contributed by atoms with Crippen LogP contribution in [0, 0.1) is 0 Å². The number of ether oxygens (including phenoxy) is 1. The van der Waals surface area contributed by atoms with Crippen LogP contribution in [0.1, 0.15) is 15.7 Å². The van der Waals surface area contributed by atoms with Crippen LogP contribution in [-0.2, 0) is 20.7 Å². The number of methoxy groups -OCH3 is 1. The van der Waals surface area contributed by atoms with Crippen LogP contribution in [0.2, 0.25) is 0 Å². The van der Waals surface area contributed by atoms with Gasteiger partial charge in [0.1, 0.15) is 11.8 Å². The van der Waals surface area contributed by atoms with Crippen molar-refractivity contribution in [3.63, 3.8) is 0 Å². The number of fused-ring (bicyclic) bond motifs is 1. The van der Waals surface area contributed by atoms with Crippen LogP contribution < -0.4 is 0 Å². The molecule has 0 bridgehead atoms. The fourth-order valence-electron chi connectivity index (χ4n) is 2.15. The average molecular weight is 315 g/mol. The molecule has 1 aliphatic heterocycles. The van der Waals surface area contributed by atoms with E-state index in [1.165, 1.54) is 16.9 Å². The average Bonchev–Trinajstić information content (AvgIpc) is 2.90. The lowest BCUT2D eigenvalue weighted by Gasteiger charge is -2.28. The molecule has 0 fully saturated rings. The SMILES string of the molecule is COCCN(CC(=O)O)C(=O)[C@H]1SCCc2sccc21. The molecular formula is C13H17NO4S2. The van der Waals surface area contributed by atoms with Crippen LogP contribution >= 0.6 is 23.1 Å². The Morgan fingerprint density at radius 2 is 2.35 bits per heavy atom. The molecule has 1 aliphatic rings. The van der Waals surface area contributed by atoms with Gasteiger partial charge in [-0.25, -0.2) is 0 Å². The minimum atomic E-state index is -0.999. The van der Waals surface area contributed by atoms with E-state index in [4.69, 9.17) is 9.84 Å². The topological polar surface area (TPSA) is 66.8 Å². The van der Waals surface area contributed by atoms with E-state index in [1.807, 2.05) is 11.4 Å². The predicted molar refractivity (Wildman–Crippen MR) is 79.3 cm³/mol. The van der Waals surface area contributed by atoms with Crippen molar-refractivity contribution in [2.75, 3.05) is 32.6 Å². The van der Waals surface area contributed by atoms with E-state index in [9.17, 15) is 9.59 Å². The highest BCUT2D eigenvalue weighted by atomic mass is 32.2. The summed E-state index contributed by atoms with van der Waals surface area (Å²) < 4.78 is 4.95. The first-order valence-electron chi connectivity index (χ1n) is 6.31. The summed E-state index contributed by atoms with van der Waals surface area (Å²) in [7, 11) is 1.54. The van der Waals surface area contributed by atoms with Crippen molar-refractivity contribution in [2.24, 2.45) is 0 Å². The summed E-state index contributed by atoms with van der Waals surface area (Å²) in [4.78, 5) is 26.1. The Morgan fingerprint density at radius 1 is 1.55 bits per heavy atom.